The molecule has 0 radical (unpaired) electrons. The Balaban J connectivity index is 2.35. The molecule has 1 fully saturated rings. The normalized spacial score (nSPS) is 21.0. The predicted octanol–water partition coefficient (Wildman–Crippen LogP) is 0.965. The van der Waals surface area contributed by atoms with Gasteiger partial charge in [0, 0.05) is 45.3 Å². The summed E-state index contributed by atoms with van der Waals surface area (Å²) in [6.45, 7) is 13.7. The first-order chi connectivity index (χ1) is 10.8. The van der Waals surface area contributed by atoms with Crippen LogP contribution in [-0.2, 0) is 0 Å². The SMILES string of the molecule is CCC(C)C(O)CNC(=O)NCC(C(C)C)N1CCN(C)CC1. The average molecular weight is 329 g/mol. The van der Waals surface area contributed by atoms with Crippen molar-refractivity contribution in [2.75, 3.05) is 46.3 Å². The van der Waals surface area contributed by atoms with Crippen molar-refractivity contribution in [3.63, 3.8) is 0 Å². The van der Waals surface area contributed by atoms with E-state index in [1.165, 1.54) is 0 Å². The van der Waals surface area contributed by atoms with Crippen LogP contribution in [0.25, 0.3) is 0 Å². The van der Waals surface area contributed by atoms with Gasteiger partial charge < -0.3 is 20.6 Å². The lowest BCUT2D eigenvalue weighted by molar-refractivity contribution is 0.0881. The Morgan fingerprint density at radius 2 is 1.65 bits per heavy atom. The molecular formula is C17H36N4O2. The van der Waals surface area contributed by atoms with Crippen molar-refractivity contribution in [1.29, 1.82) is 0 Å². The van der Waals surface area contributed by atoms with E-state index in [1.807, 2.05) is 13.8 Å². The summed E-state index contributed by atoms with van der Waals surface area (Å²) in [6, 6.07) is 0.168. The van der Waals surface area contributed by atoms with Crippen LogP contribution in [0.1, 0.15) is 34.1 Å². The molecular weight excluding hydrogens is 292 g/mol. The van der Waals surface area contributed by atoms with Crippen LogP contribution in [0, 0.1) is 11.8 Å². The number of rotatable bonds is 8. The minimum Gasteiger partial charge on any atom is -0.391 e. The number of carbonyl (C=O) groups excluding carboxylic acids is 1. The molecule has 6 heteroatoms. The first-order valence-electron chi connectivity index (χ1n) is 8.97. The van der Waals surface area contributed by atoms with Crippen LogP contribution in [0.2, 0.25) is 0 Å². The minimum atomic E-state index is -0.482. The Hall–Kier alpha value is -0.850. The van der Waals surface area contributed by atoms with Crippen molar-refractivity contribution in [2.45, 2.75) is 46.3 Å². The highest BCUT2D eigenvalue weighted by Crippen LogP contribution is 2.12. The topological polar surface area (TPSA) is 67.8 Å². The fourth-order valence-electron chi connectivity index (χ4n) is 2.87. The highest BCUT2D eigenvalue weighted by Gasteiger charge is 2.25. The number of amides is 2. The summed E-state index contributed by atoms with van der Waals surface area (Å²) in [5.41, 5.74) is 0. The van der Waals surface area contributed by atoms with E-state index >= 15 is 0 Å². The molecule has 2 amide bonds. The lowest BCUT2D eigenvalue weighted by atomic mass is 10.0. The molecule has 0 bridgehead atoms. The molecule has 1 aliphatic heterocycles. The number of aliphatic hydroxyl groups excluding tert-OH is 1. The Morgan fingerprint density at radius 1 is 1.09 bits per heavy atom. The molecule has 3 atom stereocenters. The third-order valence-electron chi connectivity index (χ3n) is 5.02. The monoisotopic (exact) mass is 328 g/mol. The van der Waals surface area contributed by atoms with Crippen LogP contribution in [-0.4, -0.2) is 79.4 Å². The van der Waals surface area contributed by atoms with E-state index in [2.05, 4.69) is 41.3 Å². The van der Waals surface area contributed by atoms with Gasteiger partial charge in [0.05, 0.1) is 6.10 Å². The van der Waals surface area contributed by atoms with Gasteiger partial charge in [-0.05, 0) is 18.9 Å². The molecule has 3 N–H and O–H groups in total. The van der Waals surface area contributed by atoms with E-state index < -0.39 is 6.10 Å². The maximum atomic E-state index is 12.0. The molecule has 1 heterocycles. The van der Waals surface area contributed by atoms with Gasteiger partial charge in [0.25, 0.3) is 0 Å². The number of hydrogen-bond donors (Lipinski definition) is 3. The third kappa shape index (κ3) is 7.06. The van der Waals surface area contributed by atoms with Crippen LogP contribution in [0.15, 0.2) is 0 Å². The molecule has 23 heavy (non-hydrogen) atoms. The van der Waals surface area contributed by atoms with Crippen LogP contribution >= 0.6 is 0 Å². The smallest absolute Gasteiger partial charge is 0.314 e. The molecule has 0 spiro atoms. The molecule has 3 unspecified atom stereocenters. The lowest BCUT2D eigenvalue weighted by Gasteiger charge is -2.39. The summed E-state index contributed by atoms with van der Waals surface area (Å²) in [7, 11) is 2.15. The first-order valence-corrected chi connectivity index (χ1v) is 8.97. The van der Waals surface area contributed by atoms with Gasteiger partial charge in [-0.25, -0.2) is 4.79 Å². The van der Waals surface area contributed by atoms with Crippen LogP contribution < -0.4 is 10.6 Å². The number of nitrogens with one attached hydrogen (secondary N) is 2. The van der Waals surface area contributed by atoms with Crippen molar-refractivity contribution >= 4 is 6.03 Å². The summed E-state index contributed by atoms with van der Waals surface area (Å²) >= 11 is 0. The maximum Gasteiger partial charge on any atom is 0.314 e. The predicted molar refractivity (Wildman–Crippen MR) is 94.6 cm³/mol. The van der Waals surface area contributed by atoms with Gasteiger partial charge in [-0.2, -0.15) is 0 Å². The zero-order valence-corrected chi connectivity index (χ0v) is 15.5. The Kier molecular flexibility index (Phi) is 8.87. The molecule has 0 saturated carbocycles. The van der Waals surface area contributed by atoms with Gasteiger partial charge in [0.1, 0.15) is 0 Å². The highest BCUT2D eigenvalue weighted by molar-refractivity contribution is 5.73. The zero-order valence-electron chi connectivity index (χ0n) is 15.5. The molecule has 1 saturated heterocycles. The fraction of sp³-hybridized carbons (Fsp3) is 0.941. The molecule has 0 aromatic heterocycles. The van der Waals surface area contributed by atoms with Crippen LogP contribution in [0.4, 0.5) is 4.79 Å². The van der Waals surface area contributed by atoms with E-state index in [4.69, 9.17) is 0 Å². The summed E-state index contributed by atoms with van der Waals surface area (Å²) in [5.74, 6) is 0.688. The third-order valence-corrected chi connectivity index (χ3v) is 5.02. The van der Waals surface area contributed by atoms with Gasteiger partial charge >= 0.3 is 6.03 Å². The van der Waals surface area contributed by atoms with Crippen LogP contribution in [0.3, 0.4) is 0 Å². The molecule has 1 rings (SSSR count). The van der Waals surface area contributed by atoms with E-state index in [0.29, 0.717) is 25.0 Å². The number of nitrogens with zero attached hydrogens (tertiary/aromatic N) is 2. The summed E-state index contributed by atoms with van der Waals surface area (Å²) in [5, 5.41) is 15.6. The van der Waals surface area contributed by atoms with Gasteiger partial charge in [0.15, 0.2) is 0 Å². The Labute approximate surface area is 141 Å². The summed E-state index contributed by atoms with van der Waals surface area (Å²) < 4.78 is 0. The van der Waals surface area contributed by atoms with Gasteiger partial charge in [-0.3, -0.25) is 4.90 Å². The van der Waals surface area contributed by atoms with E-state index in [-0.39, 0.29) is 11.9 Å². The number of aliphatic hydroxyl groups is 1. The second-order valence-electron chi connectivity index (χ2n) is 7.19. The fourth-order valence-corrected chi connectivity index (χ4v) is 2.87. The number of hydrogen-bond acceptors (Lipinski definition) is 4. The second-order valence-corrected chi connectivity index (χ2v) is 7.19. The molecule has 0 aromatic rings. The van der Waals surface area contributed by atoms with Gasteiger partial charge in [-0.1, -0.05) is 34.1 Å². The largest absolute Gasteiger partial charge is 0.391 e. The van der Waals surface area contributed by atoms with E-state index in [0.717, 1.165) is 32.6 Å². The highest BCUT2D eigenvalue weighted by atomic mass is 16.3. The number of likely N-dealkylation sites (N-methyl/N-ethyl adjacent to an activating group) is 1. The van der Waals surface area contributed by atoms with Gasteiger partial charge in [0.2, 0.25) is 0 Å². The molecule has 6 nitrogen and oxygen atoms in total. The van der Waals surface area contributed by atoms with Crippen LogP contribution in [0.5, 0.6) is 0 Å². The second kappa shape index (κ2) is 10.1. The summed E-state index contributed by atoms with van der Waals surface area (Å²) in [6.07, 6.45) is 0.424. The molecule has 0 aliphatic carbocycles. The number of urea groups is 1. The Morgan fingerprint density at radius 3 is 2.17 bits per heavy atom. The van der Waals surface area contributed by atoms with Crippen molar-refractivity contribution in [3.05, 3.63) is 0 Å². The van der Waals surface area contributed by atoms with Crippen molar-refractivity contribution in [2.24, 2.45) is 11.8 Å². The van der Waals surface area contributed by atoms with Crippen molar-refractivity contribution < 1.29 is 9.90 Å². The number of piperazine rings is 1. The Bertz CT molecular complexity index is 343. The van der Waals surface area contributed by atoms with E-state index in [9.17, 15) is 9.90 Å². The molecule has 136 valence electrons. The average Bonchev–Trinajstić information content (AvgIpc) is 2.53. The maximum absolute atomic E-state index is 12.0. The minimum absolute atomic E-state index is 0.188. The van der Waals surface area contributed by atoms with Crippen molar-refractivity contribution in [1.82, 2.24) is 20.4 Å². The lowest BCUT2D eigenvalue weighted by Crippen LogP contribution is -2.55. The van der Waals surface area contributed by atoms with Crippen molar-refractivity contribution in [3.8, 4) is 0 Å². The quantitative estimate of drug-likeness (QED) is 0.621. The standard InChI is InChI=1S/C17H36N4O2/c1-6-14(4)16(22)12-19-17(23)18-11-15(13(2)3)21-9-7-20(5)8-10-21/h13-16,22H,6-12H2,1-5H3,(H2,18,19,23). The zero-order chi connectivity index (χ0) is 17.4. The first kappa shape index (κ1) is 20.2. The molecule has 0 aromatic carbocycles. The summed E-state index contributed by atoms with van der Waals surface area (Å²) in [4.78, 5) is 16.8. The number of carbonyl (C=O) groups is 1. The molecule has 1 aliphatic rings. The van der Waals surface area contributed by atoms with E-state index in [1.54, 1.807) is 0 Å². The van der Waals surface area contributed by atoms with Gasteiger partial charge in [-0.15, -0.1) is 0 Å².